The zero-order valence-corrected chi connectivity index (χ0v) is 11.7. The minimum absolute atomic E-state index is 0.318. The van der Waals surface area contributed by atoms with Gasteiger partial charge in [-0.3, -0.25) is 4.79 Å². The molecule has 0 radical (unpaired) electrons. The van der Waals surface area contributed by atoms with Gasteiger partial charge in [0.1, 0.15) is 0 Å². The third kappa shape index (κ3) is 2.04. The Bertz CT molecular complexity index is 580. The molecule has 104 valence electrons. The quantitative estimate of drug-likeness (QED) is 0.875. The Morgan fingerprint density at radius 3 is 2.32 bits per heavy atom. The lowest BCUT2D eigenvalue weighted by Crippen LogP contribution is -2.70. The molecule has 1 amide bonds. The van der Waals surface area contributed by atoms with Crippen LogP contribution >= 0.6 is 0 Å². The van der Waals surface area contributed by atoms with E-state index in [1.54, 1.807) is 0 Å². The summed E-state index contributed by atoms with van der Waals surface area (Å²) in [6.07, 6.45) is 0.318. The predicted octanol–water partition coefficient (Wildman–Crippen LogP) is 0.541. The smallest absolute Gasteiger partial charge is 0.259 e. The van der Waals surface area contributed by atoms with Gasteiger partial charge in [-0.1, -0.05) is 30.3 Å². The van der Waals surface area contributed by atoms with E-state index in [1.165, 1.54) is 13.8 Å². The normalized spacial score (nSPS) is 21.8. The Hall–Kier alpha value is -1.40. The van der Waals surface area contributed by atoms with Crippen molar-refractivity contribution in [3.05, 3.63) is 35.9 Å². The summed E-state index contributed by atoms with van der Waals surface area (Å²) >= 11 is 0. The minimum atomic E-state index is -3.66. The first-order chi connectivity index (χ1) is 8.82. The molecule has 1 atom stereocenters. The summed E-state index contributed by atoms with van der Waals surface area (Å²) in [6.45, 7) is 2.40. The van der Waals surface area contributed by atoms with Crippen molar-refractivity contribution >= 4 is 15.9 Å². The van der Waals surface area contributed by atoms with Crippen molar-refractivity contribution in [1.82, 2.24) is 4.31 Å². The van der Waals surface area contributed by atoms with E-state index < -0.39 is 26.7 Å². The number of carbonyl (C=O) groups excluding carboxylic acids is 1. The van der Waals surface area contributed by atoms with Crippen LogP contribution in [0.4, 0.5) is 0 Å². The van der Waals surface area contributed by atoms with Crippen LogP contribution in [0.2, 0.25) is 0 Å². The van der Waals surface area contributed by atoms with E-state index in [9.17, 15) is 18.3 Å². The number of nitrogens with zero attached hydrogens (tertiary/aromatic N) is 1. The van der Waals surface area contributed by atoms with Crippen molar-refractivity contribution in [2.24, 2.45) is 0 Å². The fourth-order valence-corrected chi connectivity index (χ4v) is 3.82. The topological polar surface area (TPSA) is 74.7 Å². The lowest BCUT2D eigenvalue weighted by Gasteiger charge is -2.46. The molecule has 0 aromatic heterocycles. The molecule has 1 saturated heterocycles. The fraction of sp³-hybridized carbons (Fsp3) is 0.462. The number of amides is 1. The highest BCUT2D eigenvalue weighted by Gasteiger charge is 2.62. The molecule has 1 aromatic rings. The van der Waals surface area contributed by atoms with Gasteiger partial charge in [-0.25, -0.2) is 12.7 Å². The molecule has 0 bridgehead atoms. The van der Waals surface area contributed by atoms with E-state index in [0.717, 1.165) is 9.87 Å². The lowest BCUT2D eigenvalue weighted by molar-refractivity contribution is -0.134. The van der Waals surface area contributed by atoms with Gasteiger partial charge in [0.05, 0.1) is 12.6 Å². The van der Waals surface area contributed by atoms with Crippen LogP contribution in [0.3, 0.4) is 0 Å². The molecule has 0 aliphatic carbocycles. The van der Waals surface area contributed by atoms with Crippen LogP contribution in [0.5, 0.6) is 0 Å². The molecule has 1 unspecified atom stereocenters. The van der Waals surface area contributed by atoms with Gasteiger partial charge in [-0.05, 0) is 25.8 Å². The number of aliphatic hydroxyl groups is 1. The van der Waals surface area contributed by atoms with Crippen molar-refractivity contribution in [2.75, 3.05) is 6.61 Å². The molecular weight excluding hydrogens is 266 g/mol. The Labute approximate surface area is 112 Å². The number of hydrogen-bond acceptors (Lipinski definition) is 4. The summed E-state index contributed by atoms with van der Waals surface area (Å²) in [4.78, 5) is 11.9. The van der Waals surface area contributed by atoms with Gasteiger partial charge in [0.25, 0.3) is 15.9 Å². The summed E-state index contributed by atoms with van der Waals surface area (Å²) in [5.74, 6) is -0.456. The fourth-order valence-electron chi connectivity index (χ4n) is 2.16. The predicted molar refractivity (Wildman–Crippen MR) is 70.9 cm³/mol. The SMILES string of the molecule is CC1(C)C(=O)N(C(CO)Cc2ccccc2)S1(=O)=O. The average Bonchev–Trinajstić information content (AvgIpc) is 2.38. The van der Waals surface area contributed by atoms with Gasteiger partial charge in [0.2, 0.25) is 0 Å². The molecule has 0 saturated carbocycles. The number of carbonyl (C=O) groups is 1. The molecule has 1 heterocycles. The maximum atomic E-state index is 12.1. The summed E-state index contributed by atoms with van der Waals surface area (Å²) < 4.78 is 23.6. The van der Waals surface area contributed by atoms with Crippen LogP contribution in [0.25, 0.3) is 0 Å². The van der Waals surface area contributed by atoms with Crippen molar-refractivity contribution < 1.29 is 18.3 Å². The molecule has 5 nitrogen and oxygen atoms in total. The Morgan fingerprint density at radius 1 is 1.26 bits per heavy atom. The summed E-state index contributed by atoms with van der Waals surface area (Å²) in [6, 6.07) is 8.47. The molecule has 19 heavy (non-hydrogen) atoms. The first-order valence-electron chi connectivity index (χ1n) is 6.05. The monoisotopic (exact) mass is 283 g/mol. The zero-order valence-electron chi connectivity index (χ0n) is 10.9. The maximum absolute atomic E-state index is 12.1. The van der Waals surface area contributed by atoms with Crippen LogP contribution in [-0.4, -0.2) is 41.1 Å². The summed E-state index contributed by atoms with van der Waals surface area (Å²) in [5.41, 5.74) is 0.884. The van der Waals surface area contributed by atoms with Crippen LogP contribution in [-0.2, 0) is 21.2 Å². The number of benzene rings is 1. The van der Waals surface area contributed by atoms with E-state index >= 15 is 0 Å². The van der Waals surface area contributed by atoms with Crippen LogP contribution in [0, 0.1) is 0 Å². The minimum Gasteiger partial charge on any atom is -0.394 e. The number of rotatable bonds is 4. The largest absolute Gasteiger partial charge is 0.394 e. The summed E-state index contributed by atoms with van der Waals surface area (Å²) in [5, 5.41) is 9.38. The van der Waals surface area contributed by atoms with Gasteiger partial charge >= 0.3 is 0 Å². The number of aliphatic hydroxyl groups excluding tert-OH is 1. The van der Waals surface area contributed by atoms with Gasteiger partial charge in [0.15, 0.2) is 4.75 Å². The lowest BCUT2D eigenvalue weighted by atomic mass is 10.0. The second-order valence-corrected chi connectivity index (χ2v) is 7.51. The molecule has 2 rings (SSSR count). The molecular formula is C13H17NO4S. The van der Waals surface area contributed by atoms with E-state index in [1.807, 2.05) is 30.3 Å². The van der Waals surface area contributed by atoms with Crippen molar-refractivity contribution in [3.8, 4) is 0 Å². The van der Waals surface area contributed by atoms with Crippen LogP contribution in [0.1, 0.15) is 19.4 Å². The number of sulfonamides is 1. The zero-order chi connectivity index (χ0) is 14.3. The Morgan fingerprint density at radius 2 is 1.84 bits per heavy atom. The van der Waals surface area contributed by atoms with Crippen LogP contribution < -0.4 is 0 Å². The average molecular weight is 283 g/mol. The molecule has 1 N–H and O–H groups in total. The second kappa shape index (κ2) is 4.61. The molecule has 1 fully saturated rings. The van der Waals surface area contributed by atoms with E-state index in [-0.39, 0.29) is 6.61 Å². The van der Waals surface area contributed by atoms with E-state index in [0.29, 0.717) is 6.42 Å². The van der Waals surface area contributed by atoms with Gasteiger partial charge < -0.3 is 5.11 Å². The van der Waals surface area contributed by atoms with E-state index in [4.69, 9.17) is 0 Å². The van der Waals surface area contributed by atoms with Gasteiger partial charge in [-0.15, -0.1) is 0 Å². The Balaban J connectivity index is 2.23. The van der Waals surface area contributed by atoms with Gasteiger partial charge in [0, 0.05) is 0 Å². The van der Waals surface area contributed by atoms with Crippen molar-refractivity contribution in [3.63, 3.8) is 0 Å². The van der Waals surface area contributed by atoms with Crippen molar-refractivity contribution in [1.29, 1.82) is 0 Å². The highest BCUT2D eigenvalue weighted by molar-refractivity contribution is 7.94. The molecule has 1 aliphatic heterocycles. The molecule has 6 heteroatoms. The first kappa shape index (κ1) is 14.0. The molecule has 0 spiro atoms. The van der Waals surface area contributed by atoms with Gasteiger partial charge in [-0.2, -0.15) is 0 Å². The maximum Gasteiger partial charge on any atom is 0.259 e. The molecule has 1 aliphatic rings. The standard InChI is InChI=1S/C13H17NO4S/c1-13(2)12(16)14(19(13,17)18)11(9-15)8-10-6-4-3-5-7-10/h3-7,11,15H,8-9H2,1-2H3. The van der Waals surface area contributed by atoms with Crippen LogP contribution in [0.15, 0.2) is 30.3 Å². The summed E-state index contributed by atoms with van der Waals surface area (Å²) in [7, 11) is -3.66. The molecule has 1 aromatic carbocycles. The van der Waals surface area contributed by atoms with Crippen molar-refractivity contribution in [2.45, 2.75) is 31.1 Å². The van der Waals surface area contributed by atoms with E-state index in [2.05, 4.69) is 0 Å². The highest BCUT2D eigenvalue weighted by atomic mass is 32.2. The first-order valence-corrected chi connectivity index (χ1v) is 7.49. The Kier molecular flexibility index (Phi) is 3.40. The third-order valence-electron chi connectivity index (χ3n) is 3.48. The highest BCUT2D eigenvalue weighted by Crippen LogP contribution is 2.37. The second-order valence-electron chi connectivity index (χ2n) is 5.14. The third-order valence-corrected chi connectivity index (χ3v) is 5.92. The number of hydrogen-bond donors (Lipinski definition) is 1.